The first-order valence-corrected chi connectivity index (χ1v) is 7.65. The lowest BCUT2D eigenvalue weighted by Gasteiger charge is -2.23. The lowest BCUT2D eigenvalue weighted by Crippen LogP contribution is -2.30. The van der Waals surface area contributed by atoms with E-state index in [2.05, 4.69) is 29.3 Å². The Morgan fingerprint density at radius 2 is 1.77 bits per heavy atom. The summed E-state index contributed by atoms with van der Waals surface area (Å²) < 4.78 is 0. The van der Waals surface area contributed by atoms with Gasteiger partial charge in [0.05, 0.1) is 5.56 Å². The number of amides is 1. The van der Waals surface area contributed by atoms with E-state index in [9.17, 15) is 4.79 Å². The highest BCUT2D eigenvalue weighted by Crippen LogP contribution is 2.13. The molecule has 0 aliphatic carbocycles. The molecular formula is C18H23N3O. The minimum atomic E-state index is -0.110. The zero-order chi connectivity index (χ0) is 15.8. The van der Waals surface area contributed by atoms with Crippen LogP contribution in [0.5, 0.6) is 0 Å². The smallest absolute Gasteiger partial charge is 0.253 e. The largest absolute Gasteiger partial charge is 0.398 e. The molecule has 2 rings (SSSR count). The molecule has 4 heteroatoms. The molecule has 0 heterocycles. The van der Waals surface area contributed by atoms with E-state index >= 15 is 0 Å². The van der Waals surface area contributed by atoms with Gasteiger partial charge in [-0.25, -0.2) is 0 Å². The van der Waals surface area contributed by atoms with Crippen LogP contribution in [0.2, 0.25) is 0 Å². The van der Waals surface area contributed by atoms with Crippen LogP contribution in [0.15, 0.2) is 54.6 Å². The molecule has 0 atom stereocenters. The Balaban J connectivity index is 1.79. The summed E-state index contributed by atoms with van der Waals surface area (Å²) in [7, 11) is 0. The monoisotopic (exact) mass is 297 g/mol. The summed E-state index contributed by atoms with van der Waals surface area (Å²) in [4.78, 5) is 14.3. The fourth-order valence-electron chi connectivity index (χ4n) is 2.38. The Morgan fingerprint density at radius 1 is 1.09 bits per heavy atom. The minimum Gasteiger partial charge on any atom is -0.398 e. The highest BCUT2D eigenvalue weighted by atomic mass is 16.1. The van der Waals surface area contributed by atoms with E-state index in [-0.39, 0.29) is 5.91 Å². The summed E-state index contributed by atoms with van der Waals surface area (Å²) in [5.74, 6) is -0.110. The van der Waals surface area contributed by atoms with Crippen molar-refractivity contribution in [2.45, 2.75) is 13.3 Å². The lowest BCUT2D eigenvalue weighted by molar-refractivity contribution is 0.0954. The molecule has 0 saturated carbocycles. The van der Waals surface area contributed by atoms with Gasteiger partial charge in [0.2, 0.25) is 0 Å². The third kappa shape index (κ3) is 4.25. The number of carbonyl (C=O) groups excluding carboxylic acids is 1. The van der Waals surface area contributed by atoms with E-state index in [0.29, 0.717) is 17.8 Å². The molecule has 0 unspecified atom stereocenters. The van der Waals surface area contributed by atoms with Gasteiger partial charge in [0.25, 0.3) is 5.91 Å². The summed E-state index contributed by atoms with van der Waals surface area (Å²) in [6, 6.07) is 17.4. The summed E-state index contributed by atoms with van der Waals surface area (Å²) in [6.45, 7) is 4.63. The predicted octanol–water partition coefficient (Wildman–Crippen LogP) is 2.92. The van der Waals surface area contributed by atoms with Gasteiger partial charge in [-0.05, 0) is 37.6 Å². The number of nitrogen functional groups attached to an aromatic ring is 1. The summed E-state index contributed by atoms with van der Waals surface area (Å²) in [6.07, 6.45) is 0.890. The van der Waals surface area contributed by atoms with Gasteiger partial charge in [-0.15, -0.1) is 0 Å². The van der Waals surface area contributed by atoms with Gasteiger partial charge in [0, 0.05) is 31.0 Å². The van der Waals surface area contributed by atoms with Crippen molar-refractivity contribution >= 4 is 17.3 Å². The highest BCUT2D eigenvalue weighted by Gasteiger charge is 2.08. The fraction of sp³-hybridized carbons (Fsp3) is 0.278. The van der Waals surface area contributed by atoms with Crippen LogP contribution in [0.4, 0.5) is 11.4 Å². The van der Waals surface area contributed by atoms with Crippen LogP contribution in [-0.4, -0.2) is 25.5 Å². The number of hydrogen-bond acceptors (Lipinski definition) is 3. The first-order valence-electron chi connectivity index (χ1n) is 7.65. The summed E-state index contributed by atoms with van der Waals surface area (Å²) >= 11 is 0. The van der Waals surface area contributed by atoms with Gasteiger partial charge in [0.1, 0.15) is 0 Å². The molecule has 2 aromatic carbocycles. The topological polar surface area (TPSA) is 58.4 Å². The zero-order valence-corrected chi connectivity index (χ0v) is 13.0. The second-order valence-electron chi connectivity index (χ2n) is 5.11. The van der Waals surface area contributed by atoms with E-state index in [0.717, 1.165) is 19.5 Å². The number of rotatable bonds is 7. The van der Waals surface area contributed by atoms with Crippen molar-refractivity contribution in [1.29, 1.82) is 0 Å². The second kappa shape index (κ2) is 8.08. The maximum absolute atomic E-state index is 12.0. The fourth-order valence-corrected chi connectivity index (χ4v) is 2.38. The molecule has 0 spiro atoms. The average Bonchev–Trinajstić information content (AvgIpc) is 2.56. The third-order valence-electron chi connectivity index (χ3n) is 3.60. The van der Waals surface area contributed by atoms with E-state index in [1.807, 2.05) is 30.3 Å². The molecule has 0 saturated heterocycles. The number of hydrogen-bond donors (Lipinski definition) is 2. The normalized spacial score (nSPS) is 10.2. The van der Waals surface area contributed by atoms with Crippen molar-refractivity contribution in [3.8, 4) is 0 Å². The molecule has 4 nitrogen and oxygen atoms in total. The standard InChI is InChI=1S/C18H23N3O/c1-2-21(15-9-4-3-5-10-15)14-8-13-20-18(22)16-11-6-7-12-17(16)19/h3-7,9-12H,2,8,13-14,19H2,1H3,(H,20,22). The number of benzene rings is 2. The van der Waals surface area contributed by atoms with Crippen LogP contribution in [0.3, 0.4) is 0 Å². The Hall–Kier alpha value is -2.49. The van der Waals surface area contributed by atoms with Crippen LogP contribution >= 0.6 is 0 Å². The highest BCUT2D eigenvalue weighted by molar-refractivity contribution is 5.99. The van der Waals surface area contributed by atoms with Crippen molar-refractivity contribution in [1.82, 2.24) is 5.32 Å². The maximum atomic E-state index is 12.0. The molecule has 1 amide bonds. The Labute approximate surface area is 131 Å². The quantitative estimate of drug-likeness (QED) is 0.610. The van der Waals surface area contributed by atoms with E-state index < -0.39 is 0 Å². The molecule has 3 N–H and O–H groups in total. The predicted molar refractivity (Wildman–Crippen MR) is 92.1 cm³/mol. The van der Waals surface area contributed by atoms with Crippen molar-refractivity contribution in [2.75, 3.05) is 30.3 Å². The van der Waals surface area contributed by atoms with Crippen LogP contribution in [-0.2, 0) is 0 Å². The van der Waals surface area contributed by atoms with Crippen LogP contribution < -0.4 is 16.0 Å². The summed E-state index contributed by atoms with van der Waals surface area (Å²) in [5, 5.41) is 2.93. The van der Waals surface area contributed by atoms with Crippen LogP contribution in [0, 0.1) is 0 Å². The van der Waals surface area contributed by atoms with Crippen molar-refractivity contribution in [2.24, 2.45) is 0 Å². The van der Waals surface area contributed by atoms with Crippen molar-refractivity contribution in [3.05, 3.63) is 60.2 Å². The van der Waals surface area contributed by atoms with Crippen LogP contribution in [0.25, 0.3) is 0 Å². The Morgan fingerprint density at radius 3 is 2.45 bits per heavy atom. The molecule has 0 aliphatic heterocycles. The first kappa shape index (κ1) is 15.9. The molecule has 22 heavy (non-hydrogen) atoms. The van der Waals surface area contributed by atoms with Gasteiger partial charge in [-0.2, -0.15) is 0 Å². The number of nitrogens with one attached hydrogen (secondary N) is 1. The Kier molecular flexibility index (Phi) is 5.83. The minimum absolute atomic E-state index is 0.110. The van der Waals surface area contributed by atoms with Crippen molar-refractivity contribution in [3.63, 3.8) is 0 Å². The molecule has 0 bridgehead atoms. The Bertz CT molecular complexity index is 598. The van der Waals surface area contributed by atoms with Crippen LogP contribution in [0.1, 0.15) is 23.7 Å². The first-order chi connectivity index (χ1) is 10.7. The maximum Gasteiger partial charge on any atom is 0.253 e. The lowest BCUT2D eigenvalue weighted by atomic mass is 10.1. The van der Waals surface area contributed by atoms with Gasteiger partial charge < -0.3 is 16.0 Å². The third-order valence-corrected chi connectivity index (χ3v) is 3.60. The molecule has 0 aliphatic rings. The SMILES string of the molecule is CCN(CCCNC(=O)c1ccccc1N)c1ccccc1. The molecule has 116 valence electrons. The van der Waals surface area contributed by atoms with Gasteiger partial charge in [-0.3, -0.25) is 4.79 Å². The number of para-hydroxylation sites is 2. The number of anilines is 2. The zero-order valence-electron chi connectivity index (χ0n) is 13.0. The van der Waals surface area contributed by atoms with E-state index in [1.165, 1.54) is 5.69 Å². The number of carbonyl (C=O) groups is 1. The van der Waals surface area contributed by atoms with Gasteiger partial charge >= 0.3 is 0 Å². The molecule has 0 aromatic heterocycles. The molecule has 0 fully saturated rings. The molecule has 0 radical (unpaired) electrons. The average molecular weight is 297 g/mol. The second-order valence-corrected chi connectivity index (χ2v) is 5.11. The van der Waals surface area contributed by atoms with E-state index in [1.54, 1.807) is 12.1 Å². The van der Waals surface area contributed by atoms with Gasteiger partial charge in [0.15, 0.2) is 0 Å². The summed E-state index contributed by atoms with van der Waals surface area (Å²) in [5.41, 5.74) is 8.07. The number of nitrogens with two attached hydrogens (primary N) is 1. The van der Waals surface area contributed by atoms with E-state index in [4.69, 9.17) is 5.73 Å². The van der Waals surface area contributed by atoms with Gasteiger partial charge in [-0.1, -0.05) is 30.3 Å². The molecular weight excluding hydrogens is 274 g/mol. The van der Waals surface area contributed by atoms with Crippen molar-refractivity contribution < 1.29 is 4.79 Å². The molecule has 2 aromatic rings. The number of nitrogens with zero attached hydrogens (tertiary/aromatic N) is 1.